The Balaban J connectivity index is 1.40. The molecule has 10 heteroatoms. The summed E-state index contributed by atoms with van der Waals surface area (Å²) in [6, 6.07) is 11.4. The molecule has 1 aliphatic carbocycles. The molecule has 0 saturated carbocycles. The van der Waals surface area contributed by atoms with E-state index in [1.807, 2.05) is 36.4 Å². The van der Waals surface area contributed by atoms with Crippen LogP contribution in [0, 0.1) is 5.41 Å². The zero-order valence-corrected chi connectivity index (χ0v) is 22.2. The number of hydrogen-bond acceptors (Lipinski definition) is 8. The monoisotopic (exact) mass is 527 g/mol. The molecule has 2 N–H and O–H groups in total. The number of hydrogen-bond donors (Lipinski definition) is 2. The van der Waals surface area contributed by atoms with E-state index in [4.69, 9.17) is 14.2 Å². The Hall–Kier alpha value is -3.21. The Morgan fingerprint density at radius 3 is 2.49 bits per heavy atom. The first-order valence-corrected chi connectivity index (χ1v) is 13.1. The van der Waals surface area contributed by atoms with E-state index in [-0.39, 0.29) is 18.9 Å². The Kier molecular flexibility index (Phi) is 8.63. The first-order valence-electron chi connectivity index (χ1n) is 12.3. The van der Waals surface area contributed by atoms with Crippen molar-refractivity contribution in [3.63, 3.8) is 0 Å². The molecule has 3 aromatic rings. The van der Waals surface area contributed by atoms with E-state index in [9.17, 15) is 14.7 Å². The number of carbonyl (C=O) groups is 2. The fourth-order valence-electron chi connectivity index (χ4n) is 4.60. The number of methoxy groups -OCH3 is 1. The van der Waals surface area contributed by atoms with Gasteiger partial charge in [0, 0.05) is 24.5 Å². The second-order valence-electron chi connectivity index (χ2n) is 9.63. The molecule has 0 aliphatic heterocycles. The van der Waals surface area contributed by atoms with Gasteiger partial charge in [0.05, 0.1) is 56.6 Å². The van der Waals surface area contributed by atoms with Crippen molar-refractivity contribution in [1.29, 1.82) is 0 Å². The van der Waals surface area contributed by atoms with E-state index in [0.717, 1.165) is 27.9 Å². The summed E-state index contributed by atoms with van der Waals surface area (Å²) in [7, 11) is 5.74. The SMILES string of the molecule is COc1cc2sc(CNC(=O)C3(CC(=O)[O-])Cc4ccccc4C3)nc2cc1OCCOCC[NH+](C)C. The minimum atomic E-state index is -1.23. The van der Waals surface area contributed by atoms with Gasteiger partial charge in [-0.25, -0.2) is 4.98 Å². The summed E-state index contributed by atoms with van der Waals surface area (Å²) in [6.07, 6.45) is 0.423. The number of likely N-dealkylation sites (N-methyl/N-ethyl adjacent to an activating group) is 1. The van der Waals surface area contributed by atoms with Crippen molar-refractivity contribution in [1.82, 2.24) is 10.3 Å². The van der Waals surface area contributed by atoms with Gasteiger partial charge in [-0.2, -0.15) is 0 Å². The summed E-state index contributed by atoms with van der Waals surface area (Å²) in [4.78, 5) is 30.8. The molecular formula is C27H33N3O6S. The van der Waals surface area contributed by atoms with Crippen molar-refractivity contribution >= 4 is 33.4 Å². The van der Waals surface area contributed by atoms with Crippen LogP contribution >= 0.6 is 11.3 Å². The number of rotatable bonds is 13. The highest BCUT2D eigenvalue weighted by Crippen LogP contribution is 2.40. The van der Waals surface area contributed by atoms with Crippen molar-refractivity contribution in [3.8, 4) is 11.5 Å². The van der Waals surface area contributed by atoms with Crippen LogP contribution in [0.4, 0.5) is 0 Å². The first-order chi connectivity index (χ1) is 17.8. The molecule has 1 aliphatic rings. The maximum Gasteiger partial charge on any atom is 0.227 e. The van der Waals surface area contributed by atoms with Gasteiger partial charge in [-0.05, 0) is 24.0 Å². The number of nitrogens with zero attached hydrogens (tertiary/aromatic N) is 1. The zero-order valence-electron chi connectivity index (χ0n) is 21.4. The number of carboxylic acid groups (broad SMARTS) is 1. The number of fused-ring (bicyclic) bond motifs is 2. The standard InChI is InChI=1S/C27H33N3O6S/c1-30(2)8-9-35-10-11-36-22-12-20-23(13-21(22)34-3)37-24(29-20)17-28-26(33)27(16-25(31)32)14-18-6-4-5-7-19(18)15-27/h4-7,12-13H,8-11,14-17H2,1-3H3,(H,28,33)(H,31,32). The summed E-state index contributed by atoms with van der Waals surface area (Å²) in [5, 5.41) is 15.1. The predicted octanol–water partition coefficient (Wildman–Crippen LogP) is 0.386. The van der Waals surface area contributed by atoms with Gasteiger partial charge in [-0.15, -0.1) is 11.3 Å². The third-order valence-electron chi connectivity index (χ3n) is 6.49. The van der Waals surface area contributed by atoms with E-state index < -0.39 is 11.4 Å². The summed E-state index contributed by atoms with van der Waals surface area (Å²) in [5.74, 6) is -0.355. The molecular weight excluding hydrogens is 494 g/mol. The molecule has 0 unspecified atom stereocenters. The third-order valence-corrected chi connectivity index (χ3v) is 7.51. The number of quaternary nitrogens is 1. The molecule has 198 valence electrons. The summed E-state index contributed by atoms with van der Waals surface area (Å²) in [5.41, 5.74) is 1.68. The Labute approximate surface area is 220 Å². The van der Waals surface area contributed by atoms with Crippen LogP contribution < -0.4 is 24.8 Å². The van der Waals surface area contributed by atoms with E-state index >= 15 is 0 Å². The number of aromatic nitrogens is 1. The van der Waals surface area contributed by atoms with Gasteiger partial charge in [-0.1, -0.05) is 24.3 Å². The minimum absolute atomic E-state index is 0.198. The molecule has 0 atom stereocenters. The lowest BCUT2D eigenvalue weighted by atomic mass is 9.80. The van der Waals surface area contributed by atoms with Crippen LogP contribution in [0.15, 0.2) is 36.4 Å². The van der Waals surface area contributed by atoms with E-state index in [1.54, 1.807) is 7.11 Å². The fourth-order valence-corrected chi connectivity index (χ4v) is 5.52. The highest BCUT2D eigenvalue weighted by atomic mass is 32.1. The molecule has 9 nitrogen and oxygen atoms in total. The Morgan fingerprint density at radius 1 is 1.11 bits per heavy atom. The molecule has 1 heterocycles. The summed E-state index contributed by atoms with van der Waals surface area (Å²) < 4.78 is 17.9. The zero-order chi connectivity index (χ0) is 26.4. The van der Waals surface area contributed by atoms with Crippen molar-refractivity contribution in [2.75, 3.05) is 47.6 Å². The summed E-state index contributed by atoms with van der Waals surface area (Å²) in [6.45, 7) is 2.65. The van der Waals surface area contributed by atoms with Gasteiger partial charge in [0.2, 0.25) is 5.91 Å². The number of amides is 1. The second kappa shape index (κ2) is 11.9. The molecule has 0 fully saturated rings. The number of carboxylic acids is 1. The van der Waals surface area contributed by atoms with Crippen LogP contribution in [0.3, 0.4) is 0 Å². The lowest BCUT2D eigenvalue weighted by molar-refractivity contribution is -0.858. The molecule has 37 heavy (non-hydrogen) atoms. The first kappa shape index (κ1) is 26.8. The van der Waals surface area contributed by atoms with Gasteiger partial charge in [0.15, 0.2) is 11.5 Å². The quantitative estimate of drug-likeness (QED) is 0.309. The lowest BCUT2D eigenvalue weighted by Crippen LogP contribution is -3.06. The topological polar surface area (TPSA) is 114 Å². The number of aliphatic carboxylic acids is 1. The lowest BCUT2D eigenvalue weighted by Gasteiger charge is -2.28. The maximum atomic E-state index is 13.3. The second-order valence-corrected chi connectivity index (χ2v) is 10.7. The molecule has 0 radical (unpaired) electrons. The molecule has 1 aromatic heterocycles. The van der Waals surface area contributed by atoms with Crippen LogP contribution in [-0.2, 0) is 33.7 Å². The van der Waals surface area contributed by atoms with E-state index in [2.05, 4.69) is 24.4 Å². The average molecular weight is 528 g/mol. The van der Waals surface area contributed by atoms with Crippen LogP contribution in [-0.4, -0.2) is 64.4 Å². The number of ether oxygens (including phenoxy) is 3. The average Bonchev–Trinajstić information content (AvgIpc) is 3.44. The Bertz CT molecular complexity index is 1230. The smallest absolute Gasteiger partial charge is 0.227 e. The Morgan fingerprint density at radius 2 is 1.84 bits per heavy atom. The van der Waals surface area contributed by atoms with Crippen molar-refractivity contribution < 1.29 is 33.8 Å². The highest BCUT2D eigenvalue weighted by Gasteiger charge is 2.43. The van der Waals surface area contributed by atoms with Gasteiger partial charge in [-0.3, -0.25) is 4.79 Å². The van der Waals surface area contributed by atoms with E-state index in [0.29, 0.717) is 49.2 Å². The largest absolute Gasteiger partial charge is 0.550 e. The van der Waals surface area contributed by atoms with Crippen LogP contribution in [0.25, 0.3) is 10.2 Å². The number of carbonyl (C=O) groups excluding carboxylic acids is 2. The van der Waals surface area contributed by atoms with Crippen molar-refractivity contribution in [2.45, 2.75) is 25.8 Å². The van der Waals surface area contributed by atoms with Gasteiger partial charge in [0.1, 0.15) is 18.2 Å². The summed E-state index contributed by atoms with van der Waals surface area (Å²) >= 11 is 1.44. The molecule has 0 saturated heterocycles. The normalized spacial score (nSPS) is 14.1. The highest BCUT2D eigenvalue weighted by molar-refractivity contribution is 7.18. The molecule has 4 rings (SSSR count). The van der Waals surface area contributed by atoms with E-state index in [1.165, 1.54) is 16.2 Å². The molecule has 2 aromatic carbocycles. The minimum Gasteiger partial charge on any atom is -0.550 e. The molecule has 0 bridgehead atoms. The third kappa shape index (κ3) is 6.57. The van der Waals surface area contributed by atoms with Crippen LogP contribution in [0.1, 0.15) is 22.6 Å². The van der Waals surface area contributed by atoms with Crippen LogP contribution in [0.2, 0.25) is 0 Å². The van der Waals surface area contributed by atoms with Gasteiger partial charge in [0.25, 0.3) is 0 Å². The predicted molar refractivity (Wildman–Crippen MR) is 138 cm³/mol. The fraction of sp³-hybridized carbons (Fsp3) is 0.444. The van der Waals surface area contributed by atoms with Crippen LogP contribution in [0.5, 0.6) is 11.5 Å². The maximum absolute atomic E-state index is 13.3. The molecule has 1 amide bonds. The van der Waals surface area contributed by atoms with Gasteiger partial charge < -0.3 is 34.3 Å². The number of nitrogens with one attached hydrogen (secondary N) is 2. The van der Waals surface area contributed by atoms with Crippen molar-refractivity contribution in [3.05, 3.63) is 52.5 Å². The number of thiazole rings is 1. The number of benzene rings is 2. The van der Waals surface area contributed by atoms with Crippen molar-refractivity contribution in [2.24, 2.45) is 5.41 Å². The molecule has 0 spiro atoms. The van der Waals surface area contributed by atoms with Gasteiger partial charge >= 0.3 is 0 Å².